The van der Waals surface area contributed by atoms with Gasteiger partial charge in [0.15, 0.2) is 5.82 Å². The van der Waals surface area contributed by atoms with E-state index in [9.17, 15) is 8.42 Å². The van der Waals surface area contributed by atoms with E-state index in [2.05, 4.69) is 9.71 Å². The van der Waals surface area contributed by atoms with Crippen LogP contribution in [0.1, 0.15) is 11.3 Å². The number of benzene rings is 1. The molecule has 21 heavy (non-hydrogen) atoms. The van der Waals surface area contributed by atoms with E-state index in [0.29, 0.717) is 11.5 Å². The molecule has 0 unspecified atom stereocenters. The number of hydrogen-bond donors (Lipinski definition) is 1. The van der Waals surface area contributed by atoms with Crippen molar-refractivity contribution in [2.45, 2.75) is 12.7 Å². The van der Waals surface area contributed by atoms with Gasteiger partial charge in [0, 0.05) is 19.8 Å². The van der Waals surface area contributed by atoms with Crippen LogP contribution >= 0.6 is 0 Å². The number of rotatable bonds is 5. The summed E-state index contributed by atoms with van der Waals surface area (Å²) in [7, 11) is 0.187. The minimum atomic E-state index is -3.47. The summed E-state index contributed by atoms with van der Waals surface area (Å²) in [6, 6.07) is 12.6. The van der Waals surface area contributed by atoms with Gasteiger partial charge in [0.05, 0.1) is 11.4 Å². The van der Waals surface area contributed by atoms with Crippen molar-refractivity contribution in [3.63, 3.8) is 0 Å². The molecule has 1 aromatic carbocycles. The fraction of sp³-hybridized carbons (Fsp3) is 0.267. The van der Waals surface area contributed by atoms with E-state index in [4.69, 9.17) is 0 Å². The maximum absolute atomic E-state index is 12.3. The minimum Gasteiger partial charge on any atom is -0.361 e. The highest BCUT2D eigenvalue weighted by molar-refractivity contribution is 7.91. The van der Waals surface area contributed by atoms with Crippen LogP contribution in [-0.2, 0) is 15.8 Å². The van der Waals surface area contributed by atoms with Crippen molar-refractivity contribution in [2.75, 3.05) is 23.7 Å². The molecule has 0 aliphatic rings. The molecule has 0 spiro atoms. The van der Waals surface area contributed by atoms with Crippen LogP contribution in [0, 0.1) is 6.92 Å². The first-order valence-electron chi connectivity index (χ1n) is 6.57. The third-order valence-corrected chi connectivity index (χ3v) is 4.15. The van der Waals surface area contributed by atoms with Gasteiger partial charge in [-0.25, -0.2) is 13.4 Å². The molecule has 1 N–H and O–H groups in total. The molecular weight excluding hydrogens is 286 g/mol. The lowest BCUT2D eigenvalue weighted by Crippen LogP contribution is -2.19. The molecule has 0 atom stereocenters. The molecule has 0 bridgehead atoms. The number of aryl methyl sites for hydroxylation is 1. The first-order chi connectivity index (χ1) is 9.87. The van der Waals surface area contributed by atoms with Gasteiger partial charge in [-0.2, -0.15) is 0 Å². The third-order valence-electron chi connectivity index (χ3n) is 2.90. The van der Waals surface area contributed by atoms with Gasteiger partial charge in [-0.05, 0) is 24.6 Å². The van der Waals surface area contributed by atoms with E-state index >= 15 is 0 Å². The zero-order valence-corrected chi connectivity index (χ0v) is 13.2. The second kappa shape index (κ2) is 6.13. The second-order valence-electron chi connectivity index (χ2n) is 5.06. The summed E-state index contributed by atoms with van der Waals surface area (Å²) >= 11 is 0. The zero-order valence-electron chi connectivity index (χ0n) is 12.4. The molecule has 0 aliphatic carbocycles. The standard InChI is InChI=1S/C15H19N3O2S/c1-12-9-10-14(15(16-12)18(2)3)17-21(19,20)11-13-7-5-4-6-8-13/h4-10,17H,11H2,1-3H3. The highest BCUT2D eigenvalue weighted by Gasteiger charge is 2.15. The Labute approximate surface area is 125 Å². The Bertz CT molecular complexity index is 713. The lowest BCUT2D eigenvalue weighted by molar-refractivity contribution is 0.600. The van der Waals surface area contributed by atoms with Gasteiger partial charge in [-0.15, -0.1) is 0 Å². The van der Waals surface area contributed by atoms with Crippen LogP contribution < -0.4 is 9.62 Å². The molecule has 6 heteroatoms. The quantitative estimate of drug-likeness (QED) is 0.921. The molecule has 0 aliphatic heterocycles. The van der Waals surface area contributed by atoms with Gasteiger partial charge in [0.2, 0.25) is 10.0 Å². The van der Waals surface area contributed by atoms with Crippen LogP contribution in [-0.4, -0.2) is 27.5 Å². The molecule has 2 rings (SSSR count). The first kappa shape index (κ1) is 15.3. The average molecular weight is 305 g/mol. The number of nitrogens with zero attached hydrogens (tertiary/aromatic N) is 2. The number of hydrogen-bond acceptors (Lipinski definition) is 4. The Morgan fingerprint density at radius 1 is 1.10 bits per heavy atom. The molecule has 2 aromatic rings. The van der Waals surface area contributed by atoms with E-state index < -0.39 is 10.0 Å². The van der Waals surface area contributed by atoms with Gasteiger partial charge < -0.3 is 4.90 Å². The predicted molar refractivity (Wildman–Crippen MR) is 86.0 cm³/mol. The molecule has 1 heterocycles. The molecule has 112 valence electrons. The van der Waals surface area contributed by atoms with Crippen LogP contribution in [0.3, 0.4) is 0 Å². The summed E-state index contributed by atoms with van der Waals surface area (Å²) in [6.45, 7) is 1.87. The molecule has 1 aromatic heterocycles. The maximum atomic E-state index is 12.3. The number of pyridine rings is 1. The van der Waals surface area contributed by atoms with Crippen LogP contribution in [0.2, 0.25) is 0 Å². The topological polar surface area (TPSA) is 62.3 Å². The summed E-state index contributed by atoms with van der Waals surface area (Å²) in [5, 5.41) is 0. The summed E-state index contributed by atoms with van der Waals surface area (Å²) in [6.07, 6.45) is 0. The zero-order chi connectivity index (χ0) is 15.5. The lowest BCUT2D eigenvalue weighted by Gasteiger charge is -2.18. The van der Waals surface area contributed by atoms with Crippen molar-refractivity contribution in [1.82, 2.24) is 4.98 Å². The Hall–Kier alpha value is -2.08. The van der Waals surface area contributed by atoms with Crippen molar-refractivity contribution in [3.8, 4) is 0 Å². The summed E-state index contributed by atoms with van der Waals surface area (Å²) < 4.78 is 27.2. The largest absolute Gasteiger partial charge is 0.361 e. The average Bonchev–Trinajstić information content (AvgIpc) is 2.41. The Balaban J connectivity index is 2.25. The van der Waals surface area contributed by atoms with Gasteiger partial charge in [0.25, 0.3) is 0 Å². The normalized spacial score (nSPS) is 11.2. The smallest absolute Gasteiger partial charge is 0.237 e. The van der Waals surface area contributed by atoms with Crippen LogP contribution in [0.15, 0.2) is 42.5 Å². The van der Waals surface area contributed by atoms with Gasteiger partial charge in [0.1, 0.15) is 0 Å². The summed E-state index contributed by atoms with van der Waals surface area (Å²) in [5.74, 6) is 0.542. The van der Waals surface area contributed by atoms with Gasteiger partial charge in [-0.1, -0.05) is 30.3 Å². The van der Waals surface area contributed by atoms with Crippen LogP contribution in [0.4, 0.5) is 11.5 Å². The number of sulfonamides is 1. The minimum absolute atomic E-state index is 0.0609. The molecular formula is C15H19N3O2S. The van der Waals surface area contributed by atoms with Crippen molar-refractivity contribution in [2.24, 2.45) is 0 Å². The van der Waals surface area contributed by atoms with Gasteiger partial charge in [-0.3, -0.25) is 4.72 Å². The van der Waals surface area contributed by atoms with E-state index in [1.165, 1.54) is 0 Å². The number of aromatic nitrogens is 1. The van der Waals surface area contributed by atoms with E-state index in [0.717, 1.165) is 11.3 Å². The van der Waals surface area contributed by atoms with Crippen molar-refractivity contribution < 1.29 is 8.42 Å². The molecule has 0 fully saturated rings. The highest BCUT2D eigenvalue weighted by Crippen LogP contribution is 2.23. The lowest BCUT2D eigenvalue weighted by atomic mass is 10.2. The summed E-state index contributed by atoms with van der Waals surface area (Å²) in [5.41, 5.74) is 2.07. The molecule has 0 amide bonds. The first-order valence-corrected chi connectivity index (χ1v) is 8.22. The summed E-state index contributed by atoms with van der Waals surface area (Å²) in [4.78, 5) is 6.15. The van der Waals surface area contributed by atoms with E-state index in [-0.39, 0.29) is 5.75 Å². The van der Waals surface area contributed by atoms with Crippen molar-refractivity contribution in [1.29, 1.82) is 0 Å². The fourth-order valence-corrected chi connectivity index (χ4v) is 3.16. The second-order valence-corrected chi connectivity index (χ2v) is 6.79. The Morgan fingerprint density at radius 3 is 2.38 bits per heavy atom. The highest BCUT2D eigenvalue weighted by atomic mass is 32.2. The van der Waals surface area contributed by atoms with Crippen LogP contribution in [0.25, 0.3) is 0 Å². The predicted octanol–water partition coefficient (Wildman–Crippen LogP) is 2.40. The molecule has 0 radical (unpaired) electrons. The monoisotopic (exact) mass is 305 g/mol. The van der Waals surface area contributed by atoms with Gasteiger partial charge >= 0.3 is 0 Å². The Morgan fingerprint density at radius 2 is 1.76 bits per heavy atom. The molecule has 5 nitrogen and oxygen atoms in total. The van der Waals surface area contributed by atoms with Crippen molar-refractivity contribution in [3.05, 3.63) is 53.7 Å². The SMILES string of the molecule is Cc1ccc(NS(=O)(=O)Cc2ccccc2)c(N(C)C)n1. The van der Waals surface area contributed by atoms with Crippen molar-refractivity contribution >= 4 is 21.5 Å². The van der Waals surface area contributed by atoms with E-state index in [1.54, 1.807) is 29.2 Å². The Kier molecular flexibility index (Phi) is 4.47. The third kappa shape index (κ3) is 4.19. The molecule has 0 saturated carbocycles. The maximum Gasteiger partial charge on any atom is 0.237 e. The van der Waals surface area contributed by atoms with E-state index in [1.807, 2.05) is 39.2 Å². The fourth-order valence-electron chi connectivity index (χ4n) is 1.96. The molecule has 0 saturated heterocycles. The number of anilines is 2. The number of nitrogens with one attached hydrogen (secondary N) is 1. The van der Waals surface area contributed by atoms with Crippen LogP contribution in [0.5, 0.6) is 0 Å².